The molecule has 0 atom stereocenters. The third-order valence-electron chi connectivity index (χ3n) is 6.50. The van der Waals surface area contributed by atoms with Gasteiger partial charge in [-0.1, -0.05) is 37.5 Å². The SMILES string of the molecule is COc1ccc(CN(Cc2cc3c(C)cc(C)cc3[nH]c2=O)C(=O)NC2CCCCC2)cc1. The van der Waals surface area contributed by atoms with Crippen molar-refractivity contribution in [3.8, 4) is 5.75 Å². The number of ether oxygens (including phenoxy) is 1. The van der Waals surface area contributed by atoms with Gasteiger partial charge in [0.05, 0.1) is 13.7 Å². The number of nitrogens with zero attached hydrogens (tertiary/aromatic N) is 1. The Kier molecular flexibility index (Phi) is 7.02. The molecule has 0 spiro atoms. The normalized spacial score (nSPS) is 14.3. The third kappa shape index (κ3) is 5.56. The molecule has 4 rings (SSSR count). The number of fused-ring (bicyclic) bond motifs is 1. The van der Waals surface area contributed by atoms with Crippen LogP contribution in [-0.2, 0) is 13.1 Å². The van der Waals surface area contributed by atoms with E-state index in [4.69, 9.17) is 4.74 Å². The first-order valence-electron chi connectivity index (χ1n) is 11.7. The molecule has 1 aliphatic carbocycles. The molecule has 0 radical (unpaired) electrons. The fourth-order valence-corrected chi connectivity index (χ4v) is 4.70. The van der Waals surface area contributed by atoms with Gasteiger partial charge >= 0.3 is 6.03 Å². The lowest BCUT2D eigenvalue weighted by Crippen LogP contribution is -2.45. The smallest absolute Gasteiger partial charge is 0.318 e. The highest BCUT2D eigenvalue weighted by Crippen LogP contribution is 2.21. The molecule has 0 bridgehead atoms. The molecule has 2 N–H and O–H groups in total. The lowest BCUT2D eigenvalue weighted by molar-refractivity contribution is 0.184. The summed E-state index contributed by atoms with van der Waals surface area (Å²) in [5.41, 5.74) is 4.46. The van der Waals surface area contributed by atoms with Crippen LogP contribution in [0.3, 0.4) is 0 Å². The molecule has 6 heteroatoms. The van der Waals surface area contributed by atoms with Gasteiger partial charge in [-0.05, 0) is 67.6 Å². The van der Waals surface area contributed by atoms with E-state index in [0.717, 1.165) is 59.0 Å². The number of aryl methyl sites for hydroxylation is 2. The van der Waals surface area contributed by atoms with E-state index in [-0.39, 0.29) is 24.2 Å². The standard InChI is InChI=1S/C27H33N3O3/c1-18-13-19(2)24-15-21(26(31)29-25(24)14-18)17-30(16-20-9-11-23(33-3)12-10-20)27(32)28-22-7-5-4-6-8-22/h9-15,22H,4-8,16-17H2,1-3H3,(H,28,32)(H,29,31). The molecule has 0 unspecified atom stereocenters. The number of carbonyl (C=O) groups is 1. The van der Waals surface area contributed by atoms with E-state index in [2.05, 4.69) is 16.4 Å². The second kappa shape index (κ2) is 10.1. The van der Waals surface area contributed by atoms with Crippen molar-refractivity contribution in [1.29, 1.82) is 0 Å². The highest BCUT2D eigenvalue weighted by Gasteiger charge is 2.21. The average molecular weight is 448 g/mol. The number of urea groups is 1. The maximum Gasteiger partial charge on any atom is 0.318 e. The Morgan fingerprint density at radius 2 is 1.79 bits per heavy atom. The number of aromatic amines is 1. The Labute approximate surface area is 195 Å². The summed E-state index contributed by atoms with van der Waals surface area (Å²) in [6, 6.07) is 13.8. The highest BCUT2D eigenvalue weighted by atomic mass is 16.5. The minimum atomic E-state index is -0.155. The molecule has 2 aromatic carbocycles. The molecule has 6 nitrogen and oxygen atoms in total. The van der Waals surface area contributed by atoms with Gasteiger partial charge in [0.15, 0.2) is 0 Å². The Morgan fingerprint density at radius 3 is 2.48 bits per heavy atom. The van der Waals surface area contributed by atoms with Crippen molar-refractivity contribution < 1.29 is 9.53 Å². The molecule has 1 heterocycles. The van der Waals surface area contributed by atoms with Gasteiger partial charge in [-0.2, -0.15) is 0 Å². The van der Waals surface area contributed by atoms with Crippen LogP contribution in [0.2, 0.25) is 0 Å². The molecule has 0 aliphatic heterocycles. The minimum Gasteiger partial charge on any atom is -0.497 e. The Balaban J connectivity index is 1.62. The van der Waals surface area contributed by atoms with Crippen molar-refractivity contribution in [1.82, 2.24) is 15.2 Å². The summed E-state index contributed by atoms with van der Waals surface area (Å²) < 4.78 is 5.26. The summed E-state index contributed by atoms with van der Waals surface area (Å²) in [6.45, 7) is 4.71. The van der Waals surface area contributed by atoms with Crippen molar-refractivity contribution in [2.45, 2.75) is 65.1 Å². The third-order valence-corrected chi connectivity index (χ3v) is 6.50. The second-order valence-corrected chi connectivity index (χ2v) is 9.16. The summed E-state index contributed by atoms with van der Waals surface area (Å²) in [7, 11) is 1.63. The van der Waals surface area contributed by atoms with Crippen molar-refractivity contribution in [3.63, 3.8) is 0 Å². The quantitative estimate of drug-likeness (QED) is 0.546. The monoisotopic (exact) mass is 447 g/mol. The van der Waals surface area contributed by atoms with Gasteiger partial charge in [0.25, 0.3) is 5.56 Å². The molecule has 1 aromatic heterocycles. The number of benzene rings is 2. The van der Waals surface area contributed by atoms with Crippen LogP contribution >= 0.6 is 0 Å². The molecular weight excluding hydrogens is 414 g/mol. The van der Waals surface area contributed by atoms with Gasteiger partial charge in [0.2, 0.25) is 0 Å². The van der Waals surface area contributed by atoms with Gasteiger partial charge in [0.1, 0.15) is 5.75 Å². The molecule has 33 heavy (non-hydrogen) atoms. The van der Waals surface area contributed by atoms with E-state index in [0.29, 0.717) is 12.1 Å². The van der Waals surface area contributed by atoms with E-state index in [9.17, 15) is 9.59 Å². The number of amides is 2. The van der Waals surface area contributed by atoms with Crippen LogP contribution in [0.5, 0.6) is 5.75 Å². The summed E-state index contributed by atoms with van der Waals surface area (Å²) in [6.07, 6.45) is 5.54. The van der Waals surface area contributed by atoms with Crippen LogP contribution in [0.1, 0.15) is 54.4 Å². The lowest BCUT2D eigenvalue weighted by Gasteiger charge is -2.28. The number of hydrogen-bond acceptors (Lipinski definition) is 3. The number of methoxy groups -OCH3 is 1. The van der Waals surface area contributed by atoms with Crippen LogP contribution in [0.4, 0.5) is 4.79 Å². The fourth-order valence-electron chi connectivity index (χ4n) is 4.70. The van der Waals surface area contributed by atoms with E-state index >= 15 is 0 Å². The van der Waals surface area contributed by atoms with Gasteiger partial charge < -0.3 is 19.9 Å². The number of rotatable bonds is 6. The molecular formula is C27H33N3O3. The van der Waals surface area contributed by atoms with Crippen LogP contribution in [0.25, 0.3) is 10.9 Å². The number of aromatic nitrogens is 1. The summed E-state index contributed by atoms with van der Waals surface area (Å²) in [4.78, 5) is 31.0. The highest BCUT2D eigenvalue weighted by molar-refractivity contribution is 5.83. The summed E-state index contributed by atoms with van der Waals surface area (Å²) >= 11 is 0. The number of carbonyl (C=O) groups excluding carboxylic acids is 1. The van der Waals surface area contributed by atoms with Gasteiger partial charge in [0, 0.05) is 29.1 Å². The van der Waals surface area contributed by atoms with Crippen molar-refractivity contribution in [2.75, 3.05) is 7.11 Å². The zero-order chi connectivity index (χ0) is 23.4. The van der Waals surface area contributed by atoms with E-state index in [1.54, 1.807) is 12.0 Å². The topological polar surface area (TPSA) is 74.4 Å². The van der Waals surface area contributed by atoms with Crippen LogP contribution in [0, 0.1) is 13.8 Å². The number of nitrogens with one attached hydrogen (secondary N) is 2. The Bertz CT molecular complexity index is 1180. The predicted octanol–water partition coefficient (Wildman–Crippen LogP) is 5.20. The van der Waals surface area contributed by atoms with Crippen LogP contribution < -0.4 is 15.6 Å². The van der Waals surface area contributed by atoms with E-state index < -0.39 is 0 Å². The van der Waals surface area contributed by atoms with Gasteiger partial charge in [-0.15, -0.1) is 0 Å². The van der Waals surface area contributed by atoms with Crippen molar-refractivity contribution in [3.05, 3.63) is 75.1 Å². The molecule has 0 saturated heterocycles. The summed E-state index contributed by atoms with van der Waals surface area (Å²) in [5, 5.41) is 4.21. The predicted molar refractivity (Wildman–Crippen MR) is 132 cm³/mol. The number of hydrogen-bond donors (Lipinski definition) is 2. The lowest BCUT2D eigenvalue weighted by atomic mass is 9.96. The maximum absolute atomic E-state index is 13.3. The zero-order valence-electron chi connectivity index (χ0n) is 19.7. The molecule has 1 saturated carbocycles. The molecule has 1 fully saturated rings. The Morgan fingerprint density at radius 1 is 1.06 bits per heavy atom. The molecule has 174 valence electrons. The van der Waals surface area contributed by atoms with Crippen LogP contribution in [-0.4, -0.2) is 29.1 Å². The Hall–Kier alpha value is -3.28. The van der Waals surface area contributed by atoms with Gasteiger partial charge in [-0.25, -0.2) is 4.79 Å². The van der Waals surface area contributed by atoms with Gasteiger partial charge in [-0.3, -0.25) is 4.79 Å². The van der Waals surface area contributed by atoms with E-state index in [1.807, 2.05) is 50.2 Å². The van der Waals surface area contributed by atoms with Crippen molar-refractivity contribution >= 4 is 16.9 Å². The second-order valence-electron chi connectivity index (χ2n) is 9.16. The first-order chi connectivity index (χ1) is 15.9. The van der Waals surface area contributed by atoms with Crippen LogP contribution in [0.15, 0.2) is 47.3 Å². The first-order valence-corrected chi connectivity index (χ1v) is 11.7. The fraction of sp³-hybridized carbons (Fsp3) is 0.407. The van der Waals surface area contributed by atoms with Crippen molar-refractivity contribution in [2.24, 2.45) is 0 Å². The minimum absolute atomic E-state index is 0.127. The van der Waals surface area contributed by atoms with E-state index in [1.165, 1.54) is 6.42 Å². The molecule has 2 amide bonds. The number of pyridine rings is 1. The largest absolute Gasteiger partial charge is 0.497 e. The number of H-pyrrole nitrogens is 1. The maximum atomic E-state index is 13.3. The molecule has 1 aliphatic rings. The average Bonchev–Trinajstić information content (AvgIpc) is 2.80. The molecule has 3 aromatic rings. The first kappa shape index (κ1) is 22.9. The zero-order valence-corrected chi connectivity index (χ0v) is 19.7. The summed E-state index contributed by atoms with van der Waals surface area (Å²) in [5.74, 6) is 0.772.